The molecule has 0 radical (unpaired) electrons. The molecule has 1 aromatic carbocycles. The summed E-state index contributed by atoms with van der Waals surface area (Å²) in [7, 11) is 1.31. The fourth-order valence-corrected chi connectivity index (χ4v) is 1.87. The van der Waals surface area contributed by atoms with E-state index in [1.165, 1.54) is 7.11 Å². The Morgan fingerprint density at radius 3 is 2.35 bits per heavy atom. The van der Waals surface area contributed by atoms with E-state index >= 15 is 0 Å². The van der Waals surface area contributed by atoms with Crippen LogP contribution < -0.4 is 11.1 Å². The van der Waals surface area contributed by atoms with Crippen LogP contribution in [-0.4, -0.2) is 25.0 Å². The average Bonchev–Trinajstić information content (AvgIpc) is 2.44. The van der Waals surface area contributed by atoms with Crippen LogP contribution in [0.15, 0.2) is 30.3 Å². The lowest BCUT2D eigenvalue weighted by atomic mass is 10.0. The number of hydrogen-bond donors (Lipinski definition) is 2. The van der Waals surface area contributed by atoms with E-state index in [1.807, 2.05) is 44.2 Å². The topological polar surface area (TPSA) is 81.4 Å². The Labute approximate surface area is 119 Å². The Bertz CT molecular complexity index is 446. The zero-order valence-electron chi connectivity index (χ0n) is 12.1. The monoisotopic (exact) mass is 278 g/mol. The van der Waals surface area contributed by atoms with E-state index in [0.717, 1.165) is 5.56 Å². The van der Waals surface area contributed by atoms with Crippen molar-refractivity contribution in [2.45, 2.75) is 32.4 Å². The van der Waals surface area contributed by atoms with Gasteiger partial charge in [-0.3, -0.25) is 4.79 Å². The molecule has 2 unspecified atom stereocenters. The first-order valence-electron chi connectivity index (χ1n) is 6.63. The van der Waals surface area contributed by atoms with Crippen LogP contribution in [0.25, 0.3) is 0 Å². The van der Waals surface area contributed by atoms with Gasteiger partial charge < -0.3 is 15.8 Å². The fourth-order valence-electron chi connectivity index (χ4n) is 1.87. The minimum Gasteiger partial charge on any atom is -0.467 e. The summed E-state index contributed by atoms with van der Waals surface area (Å²) in [6.07, 6.45) is 0.129. The highest BCUT2D eigenvalue weighted by Gasteiger charge is 2.25. The van der Waals surface area contributed by atoms with E-state index in [1.54, 1.807) is 0 Å². The number of nitrogens with two attached hydrogens (primary N) is 1. The van der Waals surface area contributed by atoms with Gasteiger partial charge in [0.05, 0.1) is 7.11 Å². The first-order valence-corrected chi connectivity index (χ1v) is 6.63. The number of nitrogens with one attached hydrogen (secondary N) is 1. The number of benzene rings is 1. The maximum Gasteiger partial charge on any atom is 0.328 e. The molecule has 0 fully saturated rings. The molecule has 0 aliphatic carbocycles. The Hall–Kier alpha value is -1.88. The summed E-state index contributed by atoms with van der Waals surface area (Å²) in [4.78, 5) is 23.5. The molecular weight excluding hydrogens is 256 g/mol. The minimum absolute atomic E-state index is 0.0423. The third-order valence-corrected chi connectivity index (χ3v) is 3.07. The molecule has 0 aromatic heterocycles. The van der Waals surface area contributed by atoms with Gasteiger partial charge in [-0.15, -0.1) is 0 Å². The van der Waals surface area contributed by atoms with Crippen molar-refractivity contribution in [1.29, 1.82) is 0 Å². The number of amides is 1. The first kappa shape index (κ1) is 16.2. The van der Waals surface area contributed by atoms with Gasteiger partial charge in [0.25, 0.3) is 0 Å². The molecule has 110 valence electrons. The van der Waals surface area contributed by atoms with Crippen LogP contribution in [0.4, 0.5) is 0 Å². The molecule has 0 spiro atoms. The molecule has 5 heteroatoms. The number of methoxy groups -OCH3 is 1. The van der Waals surface area contributed by atoms with E-state index in [-0.39, 0.29) is 24.3 Å². The molecule has 5 nitrogen and oxygen atoms in total. The normalized spacial score (nSPS) is 13.7. The van der Waals surface area contributed by atoms with Gasteiger partial charge in [-0.25, -0.2) is 4.79 Å². The Kier molecular flexibility index (Phi) is 6.18. The second-order valence-electron chi connectivity index (χ2n) is 5.03. The van der Waals surface area contributed by atoms with Crippen LogP contribution in [0.2, 0.25) is 0 Å². The molecular formula is C15H22N2O3. The molecule has 0 aliphatic heterocycles. The van der Waals surface area contributed by atoms with Gasteiger partial charge in [-0.05, 0) is 11.5 Å². The SMILES string of the molecule is COC(=O)C(NC(=O)CC(N)c1ccccc1)C(C)C. The van der Waals surface area contributed by atoms with Crippen LogP contribution >= 0.6 is 0 Å². The number of esters is 1. The summed E-state index contributed by atoms with van der Waals surface area (Å²) in [5.74, 6) is -0.744. The van der Waals surface area contributed by atoms with Crippen molar-refractivity contribution in [3.05, 3.63) is 35.9 Å². The molecule has 0 heterocycles. The van der Waals surface area contributed by atoms with Crippen LogP contribution in [-0.2, 0) is 14.3 Å². The van der Waals surface area contributed by atoms with E-state index in [9.17, 15) is 9.59 Å². The van der Waals surface area contributed by atoms with E-state index in [0.29, 0.717) is 0 Å². The molecule has 0 saturated carbocycles. The lowest BCUT2D eigenvalue weighted by molar-refractivity contribution is -0.146. The van der Waals surface area contributed by atoms with Crippen LogP contribution in [0.5, 0.6) is 0 Å². The molecule has 0 saturated heterocycles. The first-order chi connectivity index (χ1) is 9.45. The lowest BCUT2D eigenvalue weighted by Gasteiger charge is -2.21. The van der Waals surface area contributed by atoms with E-state index < -0.39 is 12.0 Å². The van der Waals surface area contributed by atoms with E-state index in [4.69, 9.17) is 5.73 Å². The van der Waals surface area contributed by atoms with Crippen molar-refractivity contribution >= 4 is 11.9 Å². The fraction of sp³-hybridized carbons (Fsp3) is 0.467. The Balaban J connectivity index is 2.60. The summed E-state index contributed by atoms with van der Waals surface area (Å²) in [6.45, 7) is 3.69. The predicted octanol–water partition coefficient (Wildman–Crippen LogP) is 1.39. The highest BCUT2D eigenvalue weighted by Crippen LogP contribution is 2.13. The molecule has 0 aliphatic rings. The van der Waals surface area contributed by atoms with Crippen LogP contribution in [0.1, 0.15) is 31.9 Å². The molecule has 3 N–H and O–H groups in total. The van der Waals surface area contributed by atoms with Crippen molar-refractivity contribution < 1.29 is 14.3 Å². The second-order valence-corrected chi connectivity index (χ2v) is 5.03. The molecule has 20 heavy (non-hydrogen) atoms. The van der Waals surface area contributed by atoms with Crippen molar-refractivity contribution in [3.8, 4) is 0 Å². The van der Waals surface area contributed by atoms with Gasteiger partial charge >= 0.3 is 5.97 Å². The third kappa shape index (κ3) is 4.66. The summed E-state index contributed by atoms with van der Waals surface area (Å²) in [6, 6.07) is 8.35. The van der Waals surface area contributed by atoms with Gasteiger partial charge in [0, 0.05) is 12.5 Å². The van der Waals surface area contributed by atoms with Crippen LogP contribution in [0.3, 0.4) is 0 Å². The van der Waals surface area contributed by atoms with Crippen molar-refractivity contribution in [2.24, 2.45) is 11.7 Å². The molecule has 0 bridgehead atoms. The molecule has 1 amide bonds. The zero-order valence-corrected chi connectivity index (χ0v) is 12.1. The Morgan fingerprint density at radius 2 is 1.85 bits per heavy atom. The third-order valence-electron chi connectivity index (χ3n) is 3.07. The van der Waals surface area contributed by atoms with Crippen LogP contribution in [0, 0.1) is 5.92 Å². The largest absolute Gasteiger partial charge is 0.467 e. The average molecular weight is 278 g/mol. The number of ether oxygens (including phenoxy) is 1. The van der Waals surface area contributed by atoms with Gasteiger partial charge in [0.15, 0.2) is 0 Å². The van der Waals surface area contributed by atoms with Gasteiger partial charge in [-0.2, -0.15) is 0 Å². The highest BCUT2D eigenvalue weighted by atomic mass is 16.5. The highest BCUT2D eigenvalue weighted by molar-refractivity contribution is 5.84. The Morgan fingerprint density at radius 1 is 1.25 bits per heavy atom. The van der Waals surface area contributed by atoms with Crippen molar-refractivity contribution in [3.63, 3.8) is 0 Å². The number of carbonyl (C=O) groups is 2. The number of hydrogen-bond acceptors (Lipinski definition) is 4. The van der Waals surface area contributed by atoms with Gasteiger partial charge in [-0.1, -0.05) is 44.2 Å². The molecule has 1 aromatic rings. The van der Waals surface area contributed by atoms with Crippen molar-refractivity contribution in [1.82, 2.24) is 5.32 Å². The zero-order chi connectivity index (χ0) is 15.1. The minimum atomic E-state index is -0.643. The predicted molar refractivity (Wildman–Crippen MR) is 76.8 cm³/mol. The quantitative estimate of drug-likeness (QED) is 0.770. The maximum atomic E-state index is 12.0. The molecule has 2 atom stereocenters. The van der Waals surface area contributed by atoms with Gasteiger partial charge in [0.1, 0.15) is 6.04 Å². The standard InChI is InChI=1S/C15H22N2O3/c1-10(2)14(15(19)20-3)17-13(18)9-12(16)11-7-5-4-6-8-11/h4-8,10,12,14H,9,16H2,1-3H3,(H,17,18). The summed E-state index contributed by atoms with van der Waals surface area (Å²) < 4.78 is 4.68. The van der Waals surface area contributed by atoms with Gasteiger partial charge in [0.2, 0.25) is 5.91 Å². The lowest BCUT2D eigenvalue weighted by Crippen LogP contribution is -2.45. The summed E-state index contributed by atoms with van der Waals surface area (Å²) in [5.41, 5.74) is 6.87. The second kappa shape index (κ2) is 7.65. The summed E-state index contributed by atoms with van der Waals surface area (Å²) in [5, 5.41) is 2.67. The maximum absolute atomic E-state index is 12.0. The molecule has 1 rings (SSSR count). The van der Waals surface area contributed by atoms with E-state index in [2.05, 4.69) is 10.1 Å². The smallest absolute Gasteiger partial charge is 0.328 e. The number of rotatable bonds is 6. The number of carbonyl (C=O) groups excluding carboxylic acids is 2. The van der Waals surface area contributed by atoms with Crippen molar-refractivity contribution in [2.75, 3.05) is 7.11 Å². The summed E-state index contributed by atoms with van der Waals surface area (Å²) >= 11 is 0.